The average molecular weight is 193 g/mol. The summed E-state index contributed by atoms with van der Waals surface area (Å²) in [5.74, 6) is -0.454. The van der Waals surface area contributed by atoms with Gasteiger partial charge in [-0.1, -0.05) is 0 Å². The molecule has 72 valence electrons. The fourth-order valence-electron chi connectivity index (χ4n) is 1.32. The van der Waals surface area contributed by atoms with E-state index >= 15 is 0 Å². The molecule has 0 saturated carbocycles. The zero-order valence-electron chi connectivity index (χ0n) is 7.50. The number of anilines is 1. The first-order chi connectivity index (χ1) is 6.58. The molecule has 4 heteroatoms. The zero-order valence-corrected chi connectivity index (χ0v) is 7.50. The fraction of sp³-hybridized carbons (Fsp3) is 0.100. The number of carbonyl (C=O) groups is 1. The van der Waals surface area contributed by atoms with Crippen LogP contribution in [0.2, 0.25) is 0 Å². The standard InChI is InChI=1S/C10H8FNO2/c1-5(13)9-3-6-2-7(11)4-8(12)10(6)14-9/h2-4H,12H2,1H3. The molecule has 3 nitrogen and oxygen atoms in total. The third-order valence-electron chi connectivity index (χ3n) is 1.96. The first-order valence-electron chi connectivity index (χ1n) is 4.07. The summed E-state index contributed by atoms with van der Waals surface area (Å²) >= 11 is 0. The van der Waals surface area contributed by atoms with Gasteiger partial charge in [0, 0.05) is 18.4 Å². The maximum atomic E-state index is 12.9. The van der Waals surface area contributed by atoms with Crippen molar-refractivity contribution in [1.29, 1.82) is 0 Å². The number of nitrogens with two attached hydrogens (primary N) is 1. The minimum absolute atomic E-state index is 0.192. The molecule has 1 heterocycles. The monoisotopic (exact) mass is 193 g/mol. The number of hydrogen-bond donors (Lipinski definition) is 1. The Morgan fingerprint density at radius 3 is 2.79 bits per heavy atom. The van der Waals surface area contributed by atoms with E-state index in [1.54, 1.807) is 0 Å². The Morgan fingerprint density at radius 2 is 2.14 bits per heavy atom. The van der Waals surface area contributed by atoms with Crippen LogP contribution in [0.3, 0.4) is 0 Å². The van der Waals surface area contributed by atoms with Crippen molar-refractivity contribution in [2.45, 2.75) is 6.92 Å². The minimum atomic E-state index is -0.439. The number of rotatable bonds is 1. The second-order valence-electron chi connectivity index (χ2n) is 3.08. The molecule has 0 radical (unpaired) electrons. The normalized spacial score (nSPS) is 10.7. The molecule has 0 atom stereocenters. The van der Waals surface area contributed by atoms with E-state index in [2.05, 4.69) is 0 Å². The van der Waals surface area contributed by atoms with E-state index in [1.165, 1.54) is 19.1 Å². The molecule has 1 aromatic carbocycles. The fourth-order valence-corrected chi connectivity index (χ4v) is 1.32. The van der Waals surface area contributed by atoms with Gasteiger partial charge in [0.1, 0.15) is 5.82 Å². The van der Waals surface area contributed by atoms with E-state index in [0.29, 0.717) is 11.0 Å². The number of Topliss-reactive ketones (excluding diaryl/α,β-unsaturated/α-hetero) is 1. The zero-order chi connectivity index (χ0) is 10.3. The van der Waals surface area contributed by atoms with E-state index in [-0.39, 0.29) is 17.2 Å². The summed E-state index contributed by atoms with van der Waals surface area (Å²) in [6.07, 6.45) is 0. The van der Waals surface area contributed by atoms with Gasteiger partial charge in [-0.15, -0.1) is 0 Å². The number of furan rings is 1. The molecule has 14 heavy (non-hydrogen) atoms. The van der Waals surface area contributed by atoms with E-state index in [9.17, 15) is 9.18 Å². The van der Waals surface area contributed by atoms with Crippen molar-refractivity contribution in [3.8, 4) is 0 Å². The van der Waals surface area contributed by atoms with Gasteiger partial charge in [-0.3, -0.25) is 4.79 Å². The molecule has 0 unspecified atom stereocenters. The van der Waals surface area contributed by atoms with Gasteiger partial charge in [0.25, 0.3) is 0 Å². The Hall–Kier alpha value is -1.84. The topological polar surface area (TPSA) is 56.2 Å². The van der Waals surface area contributed by atoms with Gasteiger partial charge in [-0.25, -0.2) is 4.39 Å². The van der Waals surface area contributed by atoms with Crippen LogP contribution >= 0.6 is 0 Å². The first kappa shape index (κ1) is 8.74. The number of carbonyl (C=O) groups excluding carboxylic acids is 1. The second kappa shape index (κ2) is 2.83. The van der Waals surface area contributed by atoms with Gasteiger partial charge in [0.2, 0.25) is 0 Å². The smallest absolute Gasteiger partial charge is 0.194 e. The van der Waals surface area contributed by atoms with Gasteiger partial charge >= 0.3 is 0 Å². The first-order valence-corrected chi connectivity index (χ1v) is 4.07. The van der Waals surface area contributed by atoms with E-state index < -0.39 is 5.82 Å². The minimum Gasteiger partial charge on any atom is -0.451 e. The van der Waals surface area contributed by atoms with Crippen LogP contribution in [-0.2, 0) is 0 Å². The molecule has 2 N–H and O–H groups in total. The lowest BCUT2D eigenvalue weighted by Gasteiger charge is -1.94. The SMILES string of the molecule is CC(=O)c1cc2cc(F)cc(N)c2o1. The molecular formula is C10H8FNO2. The lowest BCUT2D eigenvalue weighted by atomic mass is 10.2. The molecule has 2 rings (SSSR count). The predicted octanol–water partition coefficient (Wildman–Crippen LogP) is 2.36. The molecular weight excluding hydrogens is 185 g/mol. The molecule has 0 aliphatic carbocycles. The van der Waals surface area contributed by atoms with Crippen LogP contribution in [0.4, 0.5) is 10.1 Å². The second-order valence-corrected chi connectivity index (χ2v) is 3.08. The van der Waals surface area contributed by atoms with Crippen LogP contribution < -0.4 is 5.73 Å². The Kier molecular flexibility index (Phi) is 1.77. The summed E-state index contributed by atoms with van der Waals surface area (Å²) < 4.78 is 18.1. The molecule has 1 aromatic heterocycles. The summed E-state index contributed by atoms with van der Waals surface area (Å²) in [6, 6.07) is 3.93. The highest BCUT2D eigenvalue weighted by Crippen LogP contribution is 2.26. The summed E-state index contributed by atoms with van der Waals surface area (Å²) in [7, 11) is 0. The van der Waals surface area contributed by atoms with Crippen molar-refractivity contribution < 1.29 is 13.6 Å². The summed E-state index contributed by atoms with van der Waals surface area (Å²) in [6.45, 7) is 1.38. The van der Waals surface area contributed by atoms with Crippen molar-refractivity contribution in [3.05, 3.63) is 29.8 Å². The van der Waals surface area contributed by atoms with Gasteiger partial charge in [0.05, 0.1) is 5.69 Å². The predicted molar refractivity (Wildman–Crippen MR) is 50.6 cm³/mol. The van der Waals surface area contributed by atoms with Crippen LogP contribution in [0.25, 0.3) is 11.0 Å². The molecule has 0 spiro atoms. The number of halogens is 1. The molecule has 0 aliphatic rings. The van der Waals surface area contributed by atoms with E-state index in [1.807, 2.05) is 0 Å². The highest BCUT2D eigenvalue weighted by atomic mass is 19.1. The van der Waals surface area contributed by atoms with Crippen molar-refractivity contribution in [3.63, 3.8) is 0 Å². The summed E-state index contributed by atoms with van der Waals surface area (Å²) in [5.41, 5.74) is 6.08. The lowest BCUT2D eigenvalue weighted by Crippen LogP contribution is -1.87. The third kappa shape index (κ3) is 1.25. The van der Waals surface area contributed by atoms with Gasteiger partial charge in [-0.2, -0.15) is 0 Å². The number of nitrogen functional groups attached to an aromatic ring is 1. The van der Waals surface area contributed by atoms with Crippen LogP contribution in [0.1, 0.15) is 17.5 Å². The number of hydrogen-bond acceptors (Lipinski definition) is 3. The quantitative estimate of drug-likeness (QED) is 0.558. The maximum Gasteiger partial charge on any atom is 0.194 e. The highest BCUT2D eigenvalue weighted by Gasteiger charge is 2.10. The van der Waals surface area contributed by atoms with Crippen molar-refractivity contribution in [2.24, 2.45) is 0 Å². The summed E-state index contributed by atoms with van der Waals surface area (Å²) in [5, 5.41) is 0.507. The van der Waals surface area contributed by atoms with Crippen LogP contribution in [-0.4, -0.2) is 5.78 Å². The maximum absolute atomic E-state index is 12.9. The third-order valence-corrected chi connectivity index (χ3v) is 1.96. The largest absolute Gasteiger partial charge is 0.451 e. The number of benzene rings is 1. The van der Waals surface area contributed by atoms with E-state index in [4.69, 9.17) is 10.2 Å². The van der Waals surface area contributed by atoms with Crippen LogP contribution in [0, 0.1) is 5.82 Å². The molecule has 2 aromatic rings. The molecule has 0 amide bonds. The molecule has 0 saturated heterocycles. The molecule has 0 aliphatic heterocycles. The number of fused-ring (bicyclic) bond motifs is 1. The Bertz CT molecular complexity index is 516. The number of ketones is 1. The molecule has 0 fully saturated rings. The van der Waals surface area contributed by atoms with Crippen molar-refractivity contribution in [2.75, 3.05) is 5.73 Å². The molecule has 0 bridgehead atoms. The Labute approximate surface area is 79.3 Å². The van der Waals surface area contributed by atoms with Gasteiger partial charge in [-0.05, 0) is 12.1 Å². The van der Waals surface area contributed by atoms with Crippen molar-refractivity contribution in [1.82, 2.24) is 0 Å². The lowest BCUT2D eigenvalue weighted by molar-refractivity contribution is 0.0989. The summed E-state index contributed by atoms with van der Waals surface area (Å²) in [4.78, 5) is 11.0. The average Bonchev–Trinajstić information content (AvgIpc) is 2.47. The van der Waals surface area contributed by atoms with Gasteiger partial charge < -0.3 is 10.2 Å². The van der Waals surface area contributed by atoms with Crippen molar-refractivity contribution >= 4 is 22.4 Å². The van der Waals surface area contributed by atoms with E-state index in [0.717, 1.165) is 6.07 Å². The highest BCUT2D eigenvalue weighted by molar-refractivity contribution is 5.98. The van der Waals surface area contributed by atoms with Crippen LogP contribution in [0.5, 0.6) is 0 Å². The van der Waals surface area contributed by atoms with Gasteiger partial charge in [0.15, 0.2) is 17.1 Å². The Balaban J connectivity index is 2.76. The Morgan fingerprint density at radius 1 is 1.43 bits per heavy atom. The van der Waals surface area contributed by atoms with Crippen LogP contribution in [0.15, 0.2) is 22.6 Å².